The van der Waals surface area contributed by atoms with Crippen molar-refractivity contribution in [2.75, 3.05) is 65.5 Å². The Labute approximate surface area is 202 Å². The molecule has 0 atom stereocenters. The molecule has 0 aliphatic carbocycles. The molecule has 1 heterocycles. The molecule has 8 heteroatoms. The second kappa shape index (κ2) is 13.2. The molecule has 0 radical (unpaired) electrons. The monoisotopic (exact) mass is 473 g/mol. The minimum Gasteiger partial charge on any atom is -0.497 e. The lowest BCUT2D eigenvalue weighted by Gasteiger charge is -2.30. The van der Waals surface area contributed by atoms with Crippen molar-refractivity contribution in [3.8, 4) is 17.2 Å². The highest BCUT2D eigenvalue weighted by Gasteiger charge is 2.15. The summed E-state index contributed by atoms with van der Waals surface area (Å²) in [6, 6.07) is 13.9. The summed E-state index contributed by atoms with van der Waals surface area (Å²) in [7, 11) is 3.28. The SMILES string of the molecule is CCOc1ccc(CN(CCCN2CCOCC2)C(=S)Nc2cc(OC)cc(OC)c2)cc1. The highest BCUT2D eigenvalue weighted by Crippen LogP contribution is 2.26. The fourth-order valence-corrected chi connectivity index (χ4v) is 4.00. The van der Waals surface area contributed by atoms with Crippen LogP contribution in [0.5, 0.6) is 17.2 Å². The molecular formula is C25H35N3O4S. The maximum atomic E-state index is 5.83. The number of anilines is 1. The van der Waals surface area contributed by atoms with Crippen molar-refractivity contribution in [3.05, 3.63) is 48.0 Å². The zero-order valence-electron chi connectivity index (χ0n) is 19.8. The second-order valence-corrected chi connectivity index (χ2v) is 8.22. The van der Waals surface area contributed by atoms with Crippen LogP contribution in [0.4, 0.5) is 5.69 Å². The van der Waals surface area contributed by atoms with E-state index in [0.29, 0.717) is 29.8 Å². The Hall–Kier alpha value is -2.55. The molecule has 0 spiro atoms. The van der Waals surface area contributed by atoms with E-state index < -0.39 is 0 Å². The minimum atomic E-state index is 0.658. The first-order valence-corrected chi connectivity index (χ1v) is 11.8. The Morgan fingerprint density at radius 2 is 1.70 bits per heavy atom. The third-order valence-electron chi connectivity index (χ3n) is 5.50. The van der Waals surface area contributed by atoms with Crippen LogP contribution in [-0.4, -0.2) is 75.1 Å². The highest BCUT2D eigenvalue weighted by molar-refractivity contribution is 7.80. The molecular weight excluding hydrogens is 438 g/mol. The van der Waals surface area contributed by atoms with Gasteiger partial charge in [-0.3, -0.25) is 4.90 Å². The van der Waals surface area contributed by atoms with Gasteiger partial charge in [0.25, 0.3) is 0 Å². The van der Waals surface area contributed by atoms with Crippen LogP contribution in [0.15, 0.2) is 42.5 Å². The fraction of sp³-hybridized carbons (Fsp3) is 0.480. The largest absolute Gasteiger partial charge is 0.497 e. The predicted molar refractivity (Wildman–Crippen MR) is 136 cm³/mol. The molecule has 2 aromatic carbocycles. The fourth-order valence-electron chi connectivity index (χ4n) is 3.72. The highest BCUT2D eigenvalue weighted by atomic mass is 32.1. The Kier molecular flexibility index (Phi) is 10.1. The van der Waals surface area contributed by atoms with E-state index in [1.807, 2.05) is 37.3 Å². The Balaban J connectivity index is 1.68. The smallest absolute Gasteiger partial charge is 0.173 e. The molecule has 0 bridgehead atoms. The van der Waals surface area contributed by atoms with Crippen molar-refractivity contribution in [3.63, 3.8) is 0 Å². The number of nitrogens with one attached hydrogen (secondary N) is 1. The molecule has 33 heavy (non-hydrogen) atoms. The van der Waals surface area contributed by atoms with E-state index in [1.165, 1.54) is 5.56 Å². The molecule has 1 saturated heterocycles. The van der Waals surface area contributed by atoms with Gasteiger partial charge in [0.2, 0.25) is 0 Å². The van der Waals surface area contributed by atoms with Gasteiger partial charge in [-0.15, -0.1) is 0 Å². The zero-order chi connectivity index (χ0) is 23.5. The molecule has 1 N–H and O–H groups in total. The molecule has 180 valence electrons. The number of ether oxygens (including phenoxy) is 4. The van der Waals surface area contributed by atoms with Crippen molar-refractivity contribution in [1.29, 1.82) is 0 Å². The molecule has 0 aromatic heterocycles. The van der Waals surface area contributed by atoms with E-state index in [1.54, 1.807) is 14.2 Å². The van der Waals surface area contributed by atoms with Crippen LogP contribution >= 0.6 is 12.2 Å². The lowest BCUT2D eigenvalue weighted by molar-refractivity contribution is 0.0368. The maximum absolute atomic E-state index is 5.83. The van der Waals surface area contributed by atoms with Gasteiger partial charge in [0.15, 0.2) is 5.11 Å². The average molecular weight is 474 g/mol. The normalized spacial score (nSPS) is 13.9. The Morgan fingerprint density at radius 1 is 1.03 bits per heavy atom. The molecule has 0 saturated carbocycles. The quantitative estimate of drug-likeness (QED) is 0.491. The third-order valence-corrected chi connectivity index (χ3v) is 5.86. The lowest BCUT2D eigenvalue weighted by Crippen LogP contribution is -2.40. The number of hydrogen-bond donors (Lipinski definition) is 1. The predicted octanol–water partition coefficient (Wildman–Crippen LogP) is 4.02. The first-order valence-electron chi connectivity index (χ1n) is 11.4. The van der Waals surface area contributed by atoms with Crippen LogP contribution < -0.4 is 19.5 Å². The Morgan fingerprint density at radius 3 is 2.30 bits per heavy atom. The van der Waals surface area contributed by atoms with Crippen LogP contribution in [0.3, 0.4) is 0 Å². The number of nitrogens with zero attached hydrogens (tertiary/aromatic N) is 2. The number of methoxy groups -OCH3 is 2. The van der Waals surface area contributed by atoms with Gasteiger partial charge in [-0.2, -0.15) is 0 Å². The summed E-state index contributed by atoms with van der Waals surface area (Å²) < 4.78 is 21.8. The zero-order valence-corrected chi connectivity index (χ0v) is 20.7. The van der Waals surface area contributed by atoms with Crippen LogP contribution in [0.1, 0.15) is 18.9 Å². The number of morpholine rings is 1. The topological polar surface area (TPSA) is 55.4 Å². The van der Waals surface area contributed by atoms with E-state index >= 15 is 0 Å². The van der Waals surface area contributed by atoms with E-state index in [2.05, 4.69) is 27.2 Å². The van der Waals surface area contributed by atoms with Crippen molar-refractivity contribution >= 4 is 23.0 Å². The summed E-state index contributed by atoms with van der Waals surface area (Å²) in [5.74, 6) is 2.30. The number of thiocarbonyl (C=S) groups is 1. The molecule has 7 nitrogen and oxygen atoms in total. The van der Waals surface area contributed by atoms with Crippen LogP contribution in [-0.2, 0) is 11.3 Å². The molecule has 1 aliphatic heterocycles. The van der Waals surface area contributed by atoms with Crippen molar-refractivity contribution in [2.24, 2.45) is 0 Å². The van der Waals surface area contributed by atoms with Crippen LogP contribution in [0, 0.1) is 0 Å². The van der Waals surface area contributed by atoms with Gasteiger partial charge in [-0.05, 0) is 43.3 Å². The van der Waals surface area contributed by atoms with Crippen molar-refractivity contribution in [2.45, 2.75) is 19.9 Å². The molecule has 1 fully saturated rings. The van der Waals surface area contributed by atoms with E-state index in [-0.39, 0.29) is 0 Å². The van der Waals surface area contributed by atoms with Gasteiger partial charge in [-0.1, -0.05) is 12.1 Å². The van der Waals surface area contributed by atoms with Gasteiger partial charge in [0.05, 0.1) is 34.0 Å². The van der Waals surface area contributed by atoms with E-state index in [0.717, 1.165) is 57.3 Å². The first kappa shape index (κ1) is 25.1. The summed E-state index contributed by atoms with van der Waals surface area (Å²) in [5.41, 5.74) is 2.01. The standard InChI is InChI=1S/C25H35N3O4S/c1-4-32-22-8-6-20(7-9-22)19-28(11-5-10-27-12-14-31-15-13-27)25(33)26-21-16-23(29-2)18-24(17-21)30-3/h6-9,16-18H,4-5,10-15,19H2,1-3H3,(H,26,33). The van der Waals surface area contributed by atoms with Crippen molar-refractivity contribution in [1.82, 2.24) is 9.80 Å². The summed E-state index contributed by atoms with van der Waals surface area (Å²) in [4.78, 5) is 4.65. The van der Waals surface area contributed by atoms with E-state index in [4.69, 9.17) is 31.2 Å². The summed E-state index contributed by atoms with van der Waals surface area (Å²) in [5, 5.41) is 4.04. The van der Waals surface area contributed by atoms with E-state index in [9.17, 15) is 0 Å². The van der Waals surface area contributed by atoms with Gasteiger partial charge in [0.1, 0.15) is 17.2 Å². The van der Waals surface area contributed by atoms with Crippen LogP contribution in [0.25, 0.3) is 0 Å². The van der Waals surface area contributed by atoms with Crippen molar-refractivity contribution < 1.29 is 18.9 Å². The molecule has 3 rings (SSSR count). The number of benzene rings is 2. The van der Waals surface area contributed by atoms with Gasteiger partial charge < -0.3 is 29.2 Å². The third kappa shape index (κ3) is 8.07. The summed E-state index contributed by atoms with van der Waals surface area (Å²) in [6.45, 7) is 8.84. The van der Waals surface area contributed by atoms with Gasteiger partial charge in [0, 0.05) is 56.6 Å². The van der Waals surface area contributed by atoms with Crippen LogP contribution in [0.2, 0.25) is 0 Å². The first-order chi connectivity index (χ1) is 16.1. The molecule has 2 aromatic rings. The summed E-state index contributed by atoms with van der Waals surface area (Å²) >= 11 is 5.83. The van der Waals surface area contributed by atoms with Gasteiger partial charge >= 0.3 is 0 Å². The number of rotatable bonds is 11. The minimum absolute atomic E-state index is 0.658. The Bertz CT molecular complexity index is 850. The maximum Gasteiger partial charge on any atom is 0.173 e. The van der Waals surface area contributed by atoms with Gasteiger partial charge in [-0.25, -0.2) is 0 Å². The second-order valence-electron chi connectivity index (χ2n) is 7.84. The molecule has 1 aliphatic rings. The summed E-state index contributed by atoms with van der Waals surface area (Å²) in [6.07, 6.45) is 1.01. The molecule has 0 amide bonds. The number of hydrogen-bond acceptors (Lipinski definition) is 6. The molecule has 0 unspecified atom stereocenters. The lowest BCUT2D eigenvalue weighted by atomic mass is 10.2. The average Bonchev–Trinajstić information content (AvgIpc) is 2.85.